The summed E-state index contributed by atoms with van der Waals surface area (Å²) >= 11 is 0. The molecule has 0 bridgehead atoms. The fourth-order valence-corrected chi connectivity index (χ4v) is 2.88. The molecular weight excluding hydrogens is 294 g/mol. The average Bonchev–Trinajstić information content (AvgIpc) is 3.17. The molecule has 4 rings (SSSR count). The van der Waals surface area contributed by atoms with Crippen molar-refractivity contribution in [2.75, 3.05) is 5.32 Å². The second-order valence-electron chi connectivity index (χ2n) is 5.41. The summed E-state index contributed by atoms with van der Waals surface area (Å²) < 4.78 is 2.05. The Morgan fingerprint density at radius 3 is 3.09 bits per heavy atom. The maximum Gasteiger partial charge on any atom is 0.231 e. The minimum Gasteiger partial charge on any atom is -0.512 e. The molecule has 0 fully saturated rings. The van der Waals surface area contributed by atoms with E-state index in [0.717, 1.165) is 11.0 Å². The summed E-state index contributed by atoms with van der Waals surface area (Å²) in [6.07, 6.45) is 3.74. The van der Waals surface area contributed by atoms with Crippen molar-refractivity contribution in [3.63, 3.8) is 0 Å². The second kappa shape index (κ2) is 5.28. The number of amides is 1. The molecule has 116 valence electrons. The first-order valence-electron chi connectivity index (χ1n) is 7.38. The van der Waals surface area contributed by atoms with Crippen molar-refractivity contribution in [2.45, 2.75) is 19.4 Å². The van der Waals surface area contributed by atoms with Gasteiger partial charge in [-0.05, 0) is 12.1 Å². The number of aryl methyl sites for hydroxylation is 1. The predicted octanol–water partition coefficient (Wildman–Crippen LogP) is 2.46. The van der Waals surface area contributed by atoms with Gasteiger partial charge in [0, 0.05) is 30.9 Å². The number of nitrogens with one attached hydrogen (secondary N) is 2. The van der Waals surface area contributed by atoms with Crippen LogP contribution in [0.2, 0.25) is 0 Å². The van der Waals surface area contributed by atoms with E-state index in [2.05, 4.69) is 20.3 Å². The van der Waals surface area contributed by atoms with Crippen LogP contribution in [0.3, 0.4) is 0 Å². The van der Waals surface area contributed by atoms with Crippen LogP contribution in [0.1, 0.15) is 18.7 Å². The number of benzene rings is 1. The summed E-state index contributed by atoms with van der Waals surface area (Å²) in [7, 11) is 0. The lowest BCUT2D eigenvalue weighted by molar-refractivity contribution is -0.115. The zero-order valence-electron chi connectivity index (χ0n) is 12.3. The van der Waals surface area contributed by atoms with Crippen LogP contribution in [-0.2, 0) is 11.3 Å². The lowest BCUT2D eigenvalue weighted by Gasteiger charge is -2.18. The van der Waals surface area contributed by atoms with E-state index in [1.807, 2.05) is 28.8 Å². The summed E-state index contributed by atoms with van der Waals surface area (Å²) in [6, 6.07) is 7.81. The molecule has 0 saturated heterocycles. The van der Waals surface area contributed by atoms with Gasteiger partial charge in [0.1, 0.15) is 11.6 Å². The lowest BCUT2D eigenvalue weighted by atomic mass is 10.1. The van der Waals surface area contributed by atoms with E-state index in [1.165, 1.54) is 0 Å². The molecule has 1 aromatic carbocycles. The Kier molecular flexibility index (Phi) is 3.11. The second-order valence-corrected chi connectivity index (χ2v) is 5.41. The zero-order valence-corrected chi connectivity index (χ0v) is 12.3. The molecule has 1 amide bonds. The summed E-state index contributed by atoms with van der Waals surface area (Å²) in [5.41, 5.74) is 2.44. The van der Waals surface area contributed by atoms with Crippen molar-refractivity contribution in [2.24, 2.45) is 0 Å². The number of aromatic nitrogens is 4. The third-order valence-corrected chi connectivity index (χ3v) is 3.94. The van der Waals surface area contributed by atoms with Gasteiger partial charge in [-0.25, -0.2) is 9.97 Å². The molecule has 1 aliphatic heterocycles. The lowest BCUT2D eigenvalue weighted by Crippen LogP contribution is -2.18. The van der Waals surface area contributed by atoms with Crippen LogP contribution in [0.4, 0.5) is 5.95 Å². The number of H-pyrrole nitrogens is 1. The first kappa shape index (κ1) is 13.6. The Labute approximate surface area is 131 Å². The smallest absolute Gasteiger partial charge is 0.231 e. The highest BCUT2D eigenvalue weighted by Crippen LogP contribution is 2.31. The Hall–Kier alpha value is -3.09. The molecule has 0 unspecified atom stereocenters. The van der Waals surface area contributed by atoms with E-state index in [4.69, 9.17) is 0 Å². The van der Waals surface area contributed by atoms with Crippen molar-refractivity contribution in [1.29, 1.82) is 0 Å². The molecule has 1 aliphatic rings. The zero-order chi connectivity index (χ0) is 15.8. The number of carbonyl (C=O) groups is 1. The van der Waals surface area contributed by atoms with Gasteiger partial charge >= 0.3 is 0 Å². The summed E-state index contributed by atoms with van der Waals surface area (Å²) in [6.45, 7) is 0.658. The third kappa shape index (κ3) is 2.36. The number of nitrogens with zero attached hydrogens (tertiary/aromatic N) is 3. The number of para-hydroxylation sites is 2. The van der Waals surface area contributed by atoms with Gasteiger partial charge in [-0.2, -0.15) is 0 Å². The van der Waals surface area contributed by atoms with Crippen LogP contribution in [0.5, 0.6) is 0 Å². The summed E-state index contributed by atoms with van der Waals surface area (Å²) in [5, 5.41) is 12.9. The molecule has 0 atom stereocenters. The largest absolute Gasteiger partial charge is 0.512 e. The number of aliphatic hydroxyl groups excluding tert-OH is 1. The van der Waals surface area contributed by atoms with Crippen molar-refractivity contribution >= 4 is 28.5 Å². The number of fused-ring (bicyclic) bond motifs is 3. The van der Waals surface area contributed by atoms with Gasteiger partial charge in [0.05, 0.1) is 17.5 Å². The van der Waals surface area contributed by atoms with E-state index in [-0.39, 0.29) is 18.1 Å². The average molecular weight is 309 g/mol. The van der Waals surface area contributed by atoms with Gasteiger partial charge < -0.3 is 14.7 Å². The van der Waals surface area contributed by atoms with Crippen molar-refractivity contribution in [3.05, 3.63) is 48.2 Å². The third-order valence-electron chi connectivity index (χ3n) is 3.94. The Balaban J connectivity index is 1.67. The number of allylic oxidation sites excluding steroid dienone is 1. The van der Waals surface area contributed by atoms with Gasteiger partial charge in [-0.3, -0.25) is 10.1 Å². The molecule has 3 N–H and O–H groups in total. The molecule has 0 spiro atoms. The van der Waals surface area contributed by atoms with Gasteiger partial charge in [0.2, 0.25) is 11.9 Å². The molecular formula is C16H15N5O2. The van der Waals surface area contributed by atoms with Gasteiger partial charge in [-0.1, -0.05) is 12.1 Å². The van der Waals surface area contributed by atoms with Crippen LogP contribution < -0.4 is 5.32 Å². The SMILES string of the molecule is O=C(CC1=C(O)CCn2c1nc1ccccc12)Nc1ncc[nH]1. The quantitative estimate of drug-likeness (QED) is 0.692. The number of carbonyl (C=O) groups excluding carboxylic acids is 1. The van der Waals surface area contributed by atoms with E-state index < -0.39 is 0 Å². The molecule has 2 aromatic heterocycles. The number of rotatable bonds is 3. The number of aliphatic hydroxyl groups is 1. The van der Waals surface area contributed by atoms with Gasteiger partial charge in [-0.15, -0.1) is 0 Å². The number of anilines is 1. The molecule has 7 nitrogen and oxygen atoms in total. The molecule has 23 heavy (non-hydrogen) atoms. The minimum atomic E-state index is -0.248. The molecule has 0 aliphatic carbocycles. The highest BCUT2D eigenvalue weighted by atomic mass is 16.3. The molecule has 7 heteroatoms. The van der Waals surface area contributed by atoms with Crippen LogP contribution in [0, 0.1) is 0 Å². The van der Waals surface area contributed by atoms with E-state index in [9.17, 15) is 9.90 Å². The van der Waals surface area contributed by atoms with Gasteiger partial charge in [0.15, 0.2) is 0 Å². The molecule has 3 heterocycles. The fourth-order valence-electron chi connectivity index (χ4n) is 2.88. The molecule has 3 aromatic rings. The van der Waals surface area contributed by atoms with Crippen molar-refractivity contribution in [3.8, 4) is 0 Å². The van der Waals surface area contributed by atoms with Crippen LogP contribution >= 0.6 is 0 Å². The maximum absolute atomic E-state index is 12.2. The first-order chi connectivity index (χ1) is 11.2. The maximum atomic E-state index is 12.2. The number of hydrogen-bond donors (Lipinski definition) is 3. The summed E-state index contributed by atoms with van der Waals surface area (Å²) in [5.74, 6) is 1.02. The Bertz CT molecular complexity index is 908. The van der Waals surface area contributed by atoms with E-state index in [1.54, 1.807) is 12.4 Å². The first-order valence-corrected chi connectivity index (χ1v) is 7.38. The highest BCUT2D eigenvalue weighted by molar-refractivity contribution is 5.97. The van der Waals surface area contributed by atoms with Gasteiger partial charge in [0.25, 0.3) is 0 Å². The minimum absolute atomic E-state index is 0.0514. The normalized spacial score (nSPS) is 14.1. The summed E-state index contributed by atoms with van der Waals surface area (Å²) in [4.78, 5) is 23.5. The van der Waals surface area contributed by atoms with Crippen molar-refractivity contribution in [1.82, 2.24) is 19.5 Å². The van der Waals surface area contributed by atoms with Crippen LogP contribution in [0.15, 0.2) is 42.4 Å². The standard InChI is InChI=1S/C16H15N5O2/c22-13-5-8-21-12-4-2-1-3-11(12)19-15(21)10(13)9-14(23)20-16-17-6-7-18-16/h1-4,6-7,22H,5,8-9H2,(H2,17,18,20,23). The van der Waals surface area contributed by atoms with Crippen molar-refractivity contribution < 1.29 is 9.90 Å². The molecule has 0 saturated carbocycles. The fraction of sp³-hybridized carbons (Fsp3) is 0.188. The topological polar surface area (TPSA) is 95.8 Å². The van der Waals surface area contributed by atoms with E-state index in [0.29, 0.717) is 30.3 Å². The van der Waals surface area contributed by atoms with E-state index >= 15 is 0 Å². The highest BCUT2D eigenvalue weighted by Gasteiger charge is 2.24. The molecule has 0 radical (unpaired) electrons. The predicted molar refractivity (Wildman–Crippen MR) is 85.7 cm³/mol. The van der Waals surface area contributed by atoms with Crippen LogP contribution in [-0.4, -0.2) is 30.5 Å². The Morgan fingerprint density at radius 1 is 1.39 bits per heavy atom. The monoisotopic (exact) mass is 309 g/mol. The number of imidazole rings is 2. The Morgan fingerprint density at radius 2 is 2.26 bits per heavy atom. The number of aromatic amines is 1. The number of hydrogen-bond acceptors (Lipinski definition) is 4. The van der Waals surface area contributed by atoms with Crippen LogP contribution in [0.25, 0.3) is 16.6 Å².